The molecule has 2 aromatic carbocycles. The van der Waals surface area contributed by atoms with Crippen molar-refractivity contribution in [3.05, 3.63) is 52.8 Å². The zero-order valence-corrected chi connectivity index (χ0v) is 12.2. The standard InChI is InChI=1S/C13H8ClF4NO2S/c14-10-5-7(1-3-9(10)13(16,17)18)8-2-4-12(11(15)6-8)22(19,20)21/h1-6H,(H2,19,20,21). The summed E-state index contributed by atoms with van der Waals surface area (Å²) in [5, 5.41) is 4.28. The van der Waals surface area contributed by atoms with Gasteiger partial charge >= 0.3 is 6.18 Å². The van der Waals surface area contributed by atoms with E-state index in [4.69, 9.17) is 16.7 Å². The van der Waals surface area contributed by atoms with Gasteiger partial charge in [-0.3, -0.25) is 0 Å². The van der Waals surface area contributed by atoms with Gasteiger partial charge in [-0.2, -0.15) is 13.2 Å². The summed E-state index contributed by atoms with van der Waals surface area (Å²) in [5.41, 5.74) is -0.641. The van der Waals surface area contributed by atoms with Gasteiger partial charge in [0.25, 0.3) is 0 Å². The largest absolute Gasteiger partial charge is 0.417 e. The quantitative estimate of drug-likeness (QED) is 0.834. The Morgan fingerprint density at radius 3 is 2.00 bits per heavy atom. The van der Waals surface area contributed by atoms with Crippen LogP contribution in [0.2, 0.25) is 5.02 Å². The van der Waals surface area contributed by atoms with Gasteiger partial charge in [-0.1, -0.05) is 23.7 Å². The van der Waals surface area contributed by atoms with Crippen molar-refractivity contribution in [1.29, 1.82) is 0 Å². The van der Waals surface area contributed by atoms with E-state index < -0.39 is 37.5 Å². The molecule has 0 aromatic heterocycles. The number of hydrogen-bond acceptors (Lipinski definition) is 2. The molecule has 3 nitrogen and oxygen atoms in total. The second-order valence-corrected chi connectivity index (χ2v) is 6.32. The van der Waals surface area contributed by atoms with Crippen LogP contribution in [0.3, 0.4) is 0 Å². The molecule has 0 spiro atoms. The van der Waals surface area contributed by atoms with E-state index in [1.165, 1.54) is 6.07 Å². The summed E-state index contributed by atoms with van der Waals surface area (Å²) in [6.07, 6.45) is -4.60. The van der Waals surface area contributed by atoms with Crippen molar-refractivity contribution in [3.63, 3.8) is 0 Å². The number of primary sulfonamides is 1. The molecule has 0 amide bonds. The zero-order chi connectivity index (χ0) is 16.7. The van der Waals surface area contributed by atoms with E-state index in [1.807, 2.05) is 0 Å². The Labute approximate surface area is 128 Å². The van der Waals surface area contributed by atoms with Crippen molar-refractivity contribution in [2.45, 2.75) is 11.1 Å². The van der Waals surface area contributed by atoms with E-state index in [0.717, 1.165) is 30.3 Å². The molecule has 9 heteroatoms. The van der Waals surface area contributed by atoms with Gasteiger partial charge in [-0.25, -0.2) is 17.9 Å². The van der Waals surface area contributed by atoms with Gasteiger partial charge in [-0.15, -0.1) is 0 Å². The molecule has 0 saturated carbocycles. The number of rotatable bonds is 2. The maximum atomic E-state index is 13.7. The van der Waals surface area contributed by atoms with Gasteiger partial charge in [-0.05, 0) is 35.4 Å². The monoisotopic (exact) mass is 353 g/mol. The first kappa shape index (κ1) is 16.7. The topological polar surface area (TPSA) is 60.2 Å². The number of nitrogens with two attached hydrogens (primary N) is 1. The highest BCUT2D eigenvalue weighted by Crippen LogP contribution is 2.37. The molecular formula is C13H8ClF4NO2S. The second kappa shape index (κ2) is 5.53. The number of alkyl halides is 3. The molecule has 0 heterocycles. The summed E-state index contributed by atoms with van der Waals surface area (Å²) >= 11 is 5.58. The molecule has 0 unspecified atom stereocenters. The third-order valence-electron chi connectivity index (χ3n) is 2.85. The smallest absolute Gasteiger partial charge is 0.225 e. The van der Waals surface area contributed by atoms with E-state index in [9.17, 15) is 26.0 Å². The van der Waals surface area contributed by atoms with Gasteiger partial charge < -0.3 is 0 Å². The summed E-state index contributed by atoms with van der Waals surface area (Å²) in [4.78, 5) is -0.700. The van der Waals surface area contributed by atoms with E-state index in [0.29, 0.717) is 0 Å². The molecule has 0 radical (unpaired) electrons. The minimum Gasteiger partial charge on any atom is -0.225 e. The maximum Gasteiger partial charge on any atom is 0.417 e. The lowest BCUT2D eigenvalue weighted by Gasteiger charge is -2.11. The Hall–Kier alpha value is -1.64. The first-order chi connectivity index (χ1) is 10.00. The van der Waals surface area contributed by atoms with Crippen LogP contribution in [0.25, 0.3) is 11.1 Å². The van der Waals surface area contributed by atoms with Crippen LogP contribution in [0.1, 0.15) is 5.56 Å². The van der Waals surface area contributed by atoms with E-state index in [1.54, 1.807) is 0 Å². The fraction of sp³-hybridized carbons (Fsp3) is 0.0769. The van der Waals surface area contributed by atoms with Crippen molar-refractivity contribution in [1.82, 2.24) is 0 Å². The third kappa shape index (κ3) is 3.40. The van der Waals surface area contributed by atoms with Crippen LogP contribution in [0.4, 0.5) is 17.6 Å². The lowest BCUT2D eigenvalue weighted by Crippen LogP contribution is -2.13. The van der Waals surface area contributed by atoms with E-state index >= 15 is 0 Å². The average Bonchev–Trinajstić information content (AvgIpc) is 2.35. The van der Waals surface area contributed by atoms with Crippen LogP contribution < -0.4 is 5.14 Å². The summed E-state index contributed by atoms with van der Waals surface area (Å²) in [6, 6.07) is 5.92. The Kier molecular flexibility index (Phi) is 4.20. The Balaban J connectivity index is 2.50. The minimum absolute atomic E-state index is 0.167. The summed E-state index contributed by atoms with van der Waals surface area (Å²) in [6.45, 7) is 0. The number of sulfonamides is 1. The molecule has 22 heavy (non-hydrogen) atoms. The highest BCUT2D eigenvalue weighted by Gasteiger charge is 2.33. The first-order valence-corrected chi connectivity index (χ1v) is 7.62. The Morgan fingerprint density at radius 2 is 1.55 bits per heavy atom. The van der Waals surface area contributed by atoms with Crippen molar-refractivity contribution in [2.75, 3.05) is 0 Å². The van der Waals surface area contributed by atoms with E-state index in [-0.39, 0.29) is 11.1 Å². The van der Waals surface area contributed by atoms with Gasteiger partial charge in [0.2, 0.25) is 10.0 Å². The minimum atomic E-state index is -4.60. The summed E-state index contributed by atoms with van der Waals surface area (Å²) < 4.78 is 73.8. The van der Waals surface area contributed by atoms with Gasteiger partial charge in [0.15, 0.2) is 0 Å². The fourth-order valence-corrected chi connectivity index (χ4v) is 2.71. The average molecular weight is 354 g/mol. The zero-order valence-electron chi connectivity index (χ0n) is 10.7. The number of benzene rings is 2. The predicted octanol–water partition coefficient (Wildman–Crippen LogP) is 3.81. The molecule has 0 fully saturated rings. The lowest BCUT2D eigenvalue weighted by atomic mass is 10.0. The van der Waals surface area contributed by atoms with Gasteiger partial charge in [0, 0.05) is 0 Å². The highest BCUT2D eigenvalue weighted by molar-refractivity contribution is 7.89. The Morgan fingerprint density at radius 1 is 1.00 bits per heavy atom. The second-order valence-electron chi connectivity index (χ2n) is 4.38. The van der Waals surface area contributed by atoms with Crippen LogP contribution >= 0.6 is 11.6 Å². The first-order valence-electron chi connectivity index (χ1n) is 5.69. The molecule has 0 aliphatic rings. The van der Waals surface area contributed by atoms with Crippen LogP contribution in [-0.4, -0.2) is 8.42 Å². The SMILES string of the molecule is NS(=O)(=O)c1ccc(-c2ccc(C(F)(F)F)c(Cl)c2)cc1F. The van der Waals surface area contributed by atoms with E-state index in [2.05, 4.69) is 0 Å². The molecule has 2 N–H and O–H groups in total. The molecule has 118 valence electrons. The molecule has 0 aliphatic carbocycles. The lowest BCUT2D eigenvalue weighted by molar-refractivity contribution is -0.137. The normalized spacial score (nSPS) is 12.5. The van der Waals surface area contributed by atoms with Gasteiger partial charge in [0.1, 0.15) is 10.7 Å². The predicted molar refractivity (Wildman–Crippen MR) is 73.2 cm³/mol. The fourth-order valence-electron chi connectivity index (χ4n) is 1.84. The molecule has 2 rings (SSSR count). The van der Waals surface area contributed by atoms with Crippen molar-refractivity contribution in [2.24, 2.45) is 5.14 Å². The molecule has 2 aromatic rings. The van der Waals surface area contributed by atoms with Crippen LogP contribution in [0, 0.1) is 5.82 Å². The number of hydrogen-bond donors (Lipinski definition) is 1. The molecule has 0 atom stereocenters. The van der Waals surface area contributed by atoms with Crippen molar-refractivity contribution >= 4 is 21.6 Å². The van der Waals surface area contributed by atoms with Crippen LogP contribution in [-0.2, 0) is 16.2 Å². The molecular weight excluding hydrogens is 346 g/mol. The third-order valence-corrected chi connectivity index (χ3v) is 4.10. The van der Waals surface area contributed by atoms with Crippen LogP contribution in [0.15, 0.2) is 41.3 Å². The highest BCUT2D eigenvalue weighted by atomic mass is 35.5. The Bertz CT molecular complexity index is 834. The molecule has 0 aliphatic heterocycles. The molecule has 0 saturated heterocycles. The summed E-state index contributed by atoms with van der Waals surface area (Å²) in [5.74, 6) is -1.10. The van der Waals surface area contributed by atoms with Gasteiger partial charge in [0.05, 0.1) is 10.6 Å². The van der Waals surface area contributed by atoms with Crippen molar-refractivity contribution in [3.8, 4) is 11.1 Å². The maximum absolute atomic E-state index is 13.7. The number of halogens is 5. The van der Waals surface area contributed by atoms with Crippen LogP contribution in [0.5, 0.6) is 0 Å². The van der Waals surface area contributed by atoms with Crippen molar-refractivity contribution < 1.29 is 26.0 Å². The molecule has 0 bridgehead atoms. The summed E-state index contributed by atoms with van der Waals surface area (Å²) in [7, 11) is -4.22.